The molecule has 3 heteroatoms. The molecule has 2 aromatic rings. The molecule has 0 aliphatic rings. The van der Waals surface area contributed by atoms with Crippen LogP contribution in [-0.4, -0.2) is 12.2 Å². The van der Waals surface area contributed by atoms with E-state index in [1.807, 2.05) is 36.4 Å². The van der Waals surface area contributed by atoms with Crippen molar-refractivity contribution in [3.63, 3.8) is 0 Å². The third-order valence-corrected chi connectivity index (χ3v) is 2.83. The number of nitriles is 1. The molecule has 0 atom stereocenters. The molecule has 0 saturated carbocycles. The zero-order valence-electron chi connectivity index (χ0n) is 10.1. The number of nitrogens with zero attached hydrogens (tertiary/aromatic N) is 1. The third kappa shape index (κ3) is 2.20. The maximum atomic E-state index is 9.23. The lowest BCUT2D eigenvalue weighted by Crippen LogP contribution is -1.93. The van der Waals surface area contributed by atoms with E-state index in [4.69, 9.17) is 4.74 Å². The molecular formula is C15H13NO2. The number of benzene rings is 2. The second kappa shape index (κ2) is 5.35. The number of aliphatic hydroxyl groups excluding tert-OH is 1. The fourth-order valence-electron chi connectivity index (χ4n) is 1.88. The van der Waals surface area contributed by atoms with Crippen molar-refractivity contribution in [3.8, 4) is 22.9 Å². The van der Waals surface area contributed by atoms with Crippen molar-refractivity contribution in [1.82, 2.24) is 0 Å². The van der Waals surface area contributed by atoms with Crippen molar-refractivity contribution in [1.29, 1.82) is 5.26 Å². The van der Waals surface area contributed by atoms with Gasteiger partial charge in [-0.25, -0.2) is 0 Å². The van der Waals surface area contributed by atoms with Gasteiger partial charge in [-0.05, 0) is 28.8 Å². The van der Waals surface area contributed by atoms with Crippen molar-refractivity contribution < 1.29 is 9.84 Å². The van der Waals surface area contributed by atoms with Gasteiger partial charge in [0.15, 0.2) is 0 Å². The highest BCUT2D eigenvalue weighted by Crippen LogP contribution is 2.27. The maximum Gasteiger partial charge on any atom is 0.118 e. The molecule has 0 saturated heterocycles. The minimum Gasteiger partial charge on any atom is -0.497 e. The molecule has 0 spiro atoms. The van der Waals surface area contributed by atoms with Gasteiger partial charge in [0, 0.05) is 0 Å². The first-order chi connectivity index (χ1) is 8.80. The monoisotopic (exact) mass is 239 g/mol. The predicted octanol–water partition coefficient (Wildman–Crippen LogP) is 2.73. The number of hydrogen-bond donors (Lipinski definition) is 1. The van der Waals surface area contributed by atoms with E-state index in [2.05, 4.69) is 6.07 Å². The molecule has 2 rings (SSSR count). The molecule has 0 fully saturated rings. The molecule has 2 aromatic carbocycles. The van der Waals surface area contributed by atoms with Crippen LogP contribution in [0.15, 0.2) is 42.5 Å². The van der Waals surface area contributed by atoms with Crippen LogP contribution in [0.25, 0.3) is 11.1 Å². The van der Waals surface area contributed by atoms with Crippen LogP contribution in [-0.2, 0) is 6.61 Å². The summed E-state index contributed by atoms with van der Waals surface area (Å²) >= 11 is 0. The van der Waals surface area contributed by atoms with Crippen LogP contribution in [0, 0.1) is 11.3 Å². The summed E-state index contributed by atoms with van der Waals surface area (Å²) in [4.78, 5) is 0. The third-order valence-electron chi connectivity index (χ3n) is 2.83. The Balaban J connectivity index is 2.53. The summed E-state index contributed by atoms with van der Waals surface area (Å²) in [5.41, 5.74) is 2.92. The predicted molar refractivity (Wildman–Crippen MR) is 69.1 cm³/mol. The average molecular weight is 239 g/mol. The van der Waals surface area contributed by atoms with Gasteiger partial charge in [0.05, 0.1) is 19.3 Å². The fraction of sp³-hybridized carbons (Fsp3) is 0.133. The number of hydrogen-bond acceptors (Lipinski definition) is 3. The minimum absolute atomic E-state index is 0.132. The highest BCUT2D eigenvalue weighted by molar-refractivity contribution is 5.72. The summed E-state index contributed by atoms with van der Waals surface area (Å²) in [6.07, 6.45) is 0. The second-order valence-corrected chi connectivity index (χ2v) is 3.84. The standard InChI is InChI=1S/C15H13NO2/c1-18-13-7-5-11(6-8-13)14-4-2-3-12(10-17)15(14)9-16/h2-8,17H,10H2,1H3. The van der Waals surface area contributed by atoms with Gasteiger partial charge < -0.3 is 9.84 Å². The van der Waals surface area contributed by atoms with Gasteiger partial charge in [0.2, 0.25) is 0 Å². The van der Waals surface area contributed by atoms with Crippen LogP contribution in [0.3, 0.4) is 0 Å². The normalized spacial score (nSPS) is 9.83. The summed E-state index contributed by atoms with van der Waals surface area (Å²) in [5.74, 6) is 0.774. The maximum absolute atomic E-state index is 9.23. The Hall–Kier alpha value is -2.31. The highest BCUT2D eigenvalue weighted by atomic mass is 16.5. The topological polar surface area (TPSA) is 53.2 Å². The fourth-order valence-corrected chi connectivity index (χ4v) is 1.88. The van der Waals surface area contributed by atoms with E-state index in [9.17, 15) is 10.4 Å². The van der Waals surface area contributed by atoms with Crippen LogP contribution >= 0.6 is 0 Å². The molecule has 90 valence electrons. The summed E-state index contributed by atoms with van der Waals surface area (Å²) in [6, 6.07) is 15.1. The zero-order chi connectivity index (χ0) is 13.0. The largest absolute Gasteiger partial charge is 0.497 e. The van der Waals surface area contributed by atoms with Crippen molar-refractivity contribution >= 4 is 0 Å². The van der Waals surface area contributed by atoms with Crippen LogP contribution in [0.5, 0.6) is 5.75 Å². The van der Waals surface area contributed by atoms with Gasteiger partial charge in [-0.1, -0.05) is 30.3 Å². The summed E-state index contributed by atoms with van der Waals surface area (Å²) in [6.45, 7) is -0.132. The molecule has 0 bridgehead atoms. The van der Waals surface area contributed by atoms with Gasteiger partial charge in [0.1, 0.15) is 11.8 Å². The van der Waals surface area contributed by atoms with E-state index in [1.165, 1.54) is 0 Å². The Morgan fingerprint density at radius 2 is 1.89 bits per heavy atom. The smallest absolute Gasteiger partial charge is 0.118 e. The van der Waals surface area contributed by atoms with Crippen LogP contribution in [0.2, 0.25) is 0 Å². The van der Waals surface area contributed by atoms with E-state index in [0.29, 0.717) is 11.1 Å². The molecular weight excluding hydrogens is 226 g/mol. The van der Waals surface area contributed by atoms with Gasteiger partial charge in [-0.2, -0.15) is 5.26 Å². The van der Waals surface area contributed by atoms with Crippen molar-refractivity contribution in [2.75, 3.05) is 7.11 Å². The first kappa shape index (κ1) is 12.2. The molecule has 0 aromatic heterocycles. The van der Waals surface area contributed by atoms with E-state index in [1.54, 1.807) is 13.2 Å². The Kier molecular flexibility index (Phi) is 3.61. The van der Waals surface area contributed by atoms with E-state index >= 15 is 0 Å². The van der Waals surface area contributed by atoms with Crippen molar-refractivity contribution in [3.05, 3.63) is 53.6 Å². The first-order valence-corrected chi connectivity index (χ1v) is 5.57. The number of methoxy groups -OCH3 is 1. The van der Waals surface area contributed by atoms with Crippen LogP contribution in [0.4, 0.5) is 0 Å². The molecule has 18 heavy (non-hydrogen) atoms. The quantitative estimate of drug-likeness (QED) is 0.896. The molecule has 0 amide bonds. The molecule has 0 unspecified atom stereocenters. The Labute approximate surface area is 106 Å². The number of aliphatic hydroxyl groups is 1. The summed E-state index contributed by atoms with van der Waals surface area (Å²) < 4.78 is 5.10. The first-order valence-electron chi connectivity index (χ1n) is 5.57. The van der Waals surface area contributed by atoms with Crippen molar-refractivity contribution in [2.45, 2.75) is 6.61 Å². The van der Waals surface area contributed by atoms with Gasteiger partial charge in [-0.3, -0.25) is 0 Å². The van der Waals surface area contributed by atoms with E-state index < -0.39 is 0 Å². The molecule has 0 aliphatic heterocycles. The Bertz CT molecular complexity index is 582. The summed E-state index contributed by atoms with van der Waals surface area (Å²) in [5, 5.41) is 18.4. The molecule has 0 radical (unpaired) electrons. The SMILES string of the molecule is COc1ccc(-c2cccc(CO)c2C#N)cc1. The zero-order valence-corrected chi connectivity index (χ0v) is 10.1. The summed E-state index contributed by atoms with van der Waals surface area (Å²) in [7, 11) is 1.61. The molecule has 3 nitrogen and oxygen atoms in total. The van der Waals surface area contributed by atoms with Gasteiger partial charge in [0.25, 0.3) is 0 Å². The Morgan fingerprint density at radius 1 is 1.17 bits per heavy atom. The van der Waals surface area contributed by atoms with Crippen molar-refractivity contribution in [2.24, 2.45) is 0 Å². The van der Waals surface area contributed by atoms with Gasteiger partial charge >= 0.3 is 0 Å². The lowest BCUT2D eigenvalue weighted by molar-refractivity contribution is 0.281. The van der Waals surface area contributed by atoms with Crippen LogP contribution < -0.4 is 4.74 Å². The second-order valence-electron chi connectivity index (χ2n) is 3.84. The van der Waals surface area contributed by atoms with E-state index in [0.717, 1.165) is 16.9 Å². The Morgan fingerprint density at radius 3 is 2.44 bits per heavy atom. The lowest BCUT2D eigenvalue weighted by atomic mass is 9.96. The molecule has 1 N–H and O–H groups in total. The molecule has 0 aliphatic carbocycles. The number of rotatable bonds is 3. The highest BCUT2D eigenvalue weighted by Gasteiger charge is 2.09. The van der Waals surface area contributed by atoms with Gasteiger partial charge in [-0.15, -0.1) is 0 Å². The van der Waals surface area contributed by atoms with E-state index in [-0.39, 0.29) is 6.61 Å². The number of ether oxygens (including phenoxy) is 1. The average Bonchev–Trinajstić information content (AvgIpc) is 2.46. The minimum atomic E-state index is -0.132. The molecule has 0 heterocycles. The van der Waals surface area contributed by atoms with Crippen LogP contribution in [0.1, 0.15) is 11.1 Å². The lowest BCUT2D eigenvalue weighted by Gasteiger charge is -2.08.